The van der Waals surface area contributed by atoms with Gasteiger partial charge in [0.1, 0.15) is 0 Å². The Labute approximate surface area is 68.7 Å². The topological polar surface area (TPSA) is 90.1 Å². The van der Waals surface area contributed by atoms with E-state index in [-0.39, 0.29) is 5.69 Å². The van der Waals surface area contributed by atoms with Gasteiger partial charge < -0.3 is 10.2 Å². The minimum Gasteiger partial charge on any atom is -0.464 e. The highest BCUT2D eigenvalue weighted by molar-refractivity contribution is 5.87. The van der Waals surface area contributed by atoms with Crippen LogP contribution in [0.5, 0.6) is 0 Å². The van der Waals surface area contributed by atoms with Crippen LogP contribution < -0.4 is 11.3 Å². The van der Waals surface area contributed by atoms with Gasteiger partial charge in [0.05, 0.1) is 19.5 Å². The van der Waals surface area contributed by atoms with E-state index in [1.54, 1.807) is 0 Å². The van der Waals surface area contributed by atoms with Gasteiger partial charge in [-0.05, 0) is 0 Å². The summed E-state index contributed by atoms with van der Waals surface area (Å²) in [7, 11) is 1.27. The maximum atomic E-state index is 10.9. The summed E-state index contributed by atoms with van der Waals surface area (Å²) in [6.45, 7) is 0. The zero-order chi connectivity index (χ0) is 8.97. The first-order chi connectivity index (χ1) is 5.77. The first kappa shape index (κ1) is 8.41. The highest BCUT2D eigenvalue weighted by Gasteiger charge is 2.07. The third-order valence-electron chi connectivity index (χ3n) is 1.18. The molecule has 1 heterocycles. The minimum absolute atomic E-state index is 0.118. The number of hydrazine groups is 1. The molecule has 6 nitrogen and oxygen atoms in total. The zero-order valence-corrected chi connectivity index (χ0v) is 6.44. The third-order valence-corrected chi connectivity index (χ3v) is 1.18. The van der Waals surface area contributed by atoms with Crippen molar-refractivity contribution in [1.29, 1.82) is 0 Å². The number of hydrogen-bond acceptors (Lipinski definition) is 6. The number of nitrogens with one attached hydrogen (secondary N) is 1. The van der Waals surface area contributed by atoms with Crippen molar-refractivity contribution in [2.75, 3.05) is 12.5 Å². The quantitative estimate of drug-likeness (QED) is 0.353. The summed E-state index contributed by atoms with van der Waals surface area (Å²) in [5.41, 5.74) is 2.38. The average Bonchev–Trinajstić information content (AvgIpc) is 2.17. The van der Waals surface area contributed by atoms with Crippen LogP contribution in [-0.4, -0.2) is 23.0 Å². The van der Waals surface area contributed by atoms with Crippen molar-refractivity contribution in [3.05, 3.63) is 18.1 Å². The predicted octanol–water partition coefficient (Wildman–Crippen LogP) is -0.451. The van der Waals surface area contributed by atoms with Gasteiger partial charge in [0, 0.05) is 0 Å². The van der Waals surface area contributed by atoms with E-state index in [0.29, 0.717) is 5.82 Å². The maximum absolute atomic E-state index is 10.9. The summed E-state index contributed by atoms with van der Waals surface area (Å²) < 4.78 is 4.43. The van der Waals surface area contributed by atoms with Crippen LogP contribution in [0.2, 0.25) is 0 Å². The molecule has 0 amide bonds. The fourth-order valence-corrected chi connectivity index (χ4v) is 0.638. The number of carbonyl (C=O) groups is 1. The summed E-state index contributed by atoms with van der Waals surface area (Å²) in [6.07, 6.45) is 2.69. The zero-order valence-electron chi connectivity index (χ0n) is 6.44. The van der Waals surface area contributed by atoms with E-state index in [1.807, 2.05) is 0 Å². The molecular weight excluding hydrogens is 160 g/mol. The Balaban J connectivity index is 2.93. The molecule has 6 heteroatoms. The largest absolute Gasteiger partial charge is 0.464 e. The highest BCUT2D eigenvalue weighted by Crippen LogP contribution is 2.00. The number of methoxy groups -OCH3 is 1. The van der Waals surface area contributed by atoms with Gasteiger partial charge >= 0.3 is 5.97 Å². The SMILES string of the molecule is COC(=O)c1cncc(NN)n1. The van der Waals surface area contributed by atoms with Crippen molar-refractivity contribution >= 4 is 11.8 Å². The van der Waals surface area contributed by atoms with Gasteiger partial charge in [0.25, 0.3) is 0 Å². The van der Waals surface area contributed by atoms with E-state index >= 15 is 0 Å². The van der Waals surface area contributed by atoms with Crippen LogP contribution >= 0.6 is 0 Å². The molecule has 0 saturated heterocycles. The van der Waals surface area contributed by atoms with Gasteiger partial charge in [0.2, 0.25) is 0 Å². The first-order valence-electron chi connectivity index (χ1n) is 3.15. The van der Waals surface area contributed by atoms with Crippen molar-refractivity contribution < 1.29 is 9.53 Å². The van der Waals surface area contributed by atoms with E-state index in [0.717, 1.165) is 0 Å². The fraction of sp³-hybridized carbons (Fsp3) is 0.167. The Morgan fingerprint density at radius 1 is 1.67 bits per heavy atom. The highest BCUT2D eigenvalue weighted by atomic mass is 16.5. The number of hydrogen-bond donors (Lipinski definition) is 2. The Hall–Kier alpha value is -1.69. The molecule has 0 saturated carbocycles. The number of rotatable bonds is 2. The van der Waals surface area contributed by atoms with Gasteiger partial charge in [-0.1, -0.05) is 0 Å². The molecule has 3 N–H and O–H groups in total. The standard InChI is InChI=1S/C6H8N4O2/c1-12-6(11)4-2-8-3-5(9-4)10-7/h2-3H,7H2,1H3,(H,9,10). The molecule has 0 radical (unpaired) electrons. The molecule has 0 unspecified atom stereocenters. The second-order valence-electron chi connectivity index (χ2n) is 1.93. The molecule has 0 aromatic carbocycles. The second kappa shape index (κ2) is 3.63. The Kier molecular flexibility index (Phi) is 2.54. The lowest BCUT2D eigenvalue weighted by atomic mass is 10.4. The van der Waals surface area contributed by atoms with Gasteiger partial charge in [-0.3, -0.25) is 4.98 Å². The molecule has 1 rings (SSSR count). The van der Waals surface area contributed by atoms with Crippen LogP contribution in [0.1, 0.15) is 10.5 Å². The summed E-state index contributed by atoms with van der Waals surface area (Å²) in [5.74, 6) is 4.83. The number of nitrogens with two attached hydrogens (primary N) is 1. The minimum atomic E-state index is -0.542. The van der Waals surface area contributed by atoms with Gasteiger partial charge in [-0.15, -0.1) is 0 Å². The molecule has 1 aromatic heterocycles. The molecule has 0 aliphatic carbocycles. The van der Waals surface area contributed by atoms with Crippen molar-refractivity contribution in [1.82, 2.24) is 9.97 Å². The van der Waals surface area contributed by atoms with Crippen molar-refractivity contribution in [3.63, 3.8) is 0 Å². The van der Waals surface area contributed by atoms with Crippen molar-refractivity contribution in [2.45, 2.75) is 0 Å². The Bertz CT molecular complexity index is 289. The number of anilines is 1. The maximum Gasteiger partial charge on any atom is 0.358 e. The Morgan fingerprint density at radius 2 is 2.42 bits per heavy atom. The van der Waals surface area contributed by atoms with E-state index in [9.17, 15) is 4.79 Å². The van der Waals surface area contributed by atoms with Gasteiger partial charge in [-0.2, -0.15) is 0 Å². The van der Waals surface area contributed by atoms with Gasteiger partial charge in [-0.25, -0.2) is 15.6 Å². The predicted molar refractivity (Wildman–Crippen MR) is 41.2 cm³/mol. The lowest BCUT2D eigenvalue weighted by molar-refractivity contribution is 0.0593. The molecule has 0 aliphatic heterocycles. The fourth-order valence-electron chi connectivity index (χ4n) is 0.638. The number of carbonyl (C=O) groups excluding carboxylic acids is 1. The van der Waals surface area contributed by atoms with Crippen LogP contribution in [-0.2, 0) is 4.74 Å². The molecule has 64 valence electrons. The van der Waals surface area contributed by atoms with E-state index in [1.165, 1.54) is 19.5 Å². The smallest absolute Gasteiger partial charge is 0.358 e. The monoisotopic (exact) mass is 168 g/mol. The van der Waals surface area contributed by atoms with Crippen LogP contribution in [0.3, 0.4) is 0 Å². The lowest BCUT2D eigenvalue weighted by Crippen LogP contribution is -2.12. The number of ether oxygens (including phenoxy) is 1. The summed E-state index contributed by atoms with van der Waals surface area (Å²) in [5, 5.41) is 0. The number of esters is 1. The van der Waals surface area contributed by atoms with Crippen molar-refractivity contribution in [3.8, 4) is 0 Å². The molecule has 0 aliphatic rings. The van der Waals surface area contributed by atoms with Crippen molar-refractivity contribution in [2.24, 2.45) is 5.84 Å². The molecule has 12 heavy (non-hydrogen) atoms. The Morgan fingerprint density at radius 3 is 3.00 bits per heavy atom. The molecular formula is C6H8N4O2. The van der Waals surface area contributed by atoms with E-state index in [2.05, 4.69) is 20.1 Å². The summed E-state index contributed by atoms with van der Waals surface area (Å²) >= 11 is 0. The second-order valence-corrected chi connectivity index (χ2v) is 1.93. The lowest BCUT2D eigenvalue weighted by Gasteiger charge is -2.00. The third kappa shape index (κ3) is 1.67. The first-order valence-corrected chi connectivity index (χ1v) is 3.15. The molecule has 1 aromatic rings. The molecule has 0 fully saturated rings. The van der Waals surface area contributed by atoms with Crippen LogP contribution in [0, 0.1) is 0 Å². The number of nitrogen functional groups attached to an aromatic ring is 1. The number of aromatic nitrogens is 2. The normalized spacial score (nSPS) is 9.17. The van der Waals surface area contributed by atoms with E-state index in [4.69, 9.17) is 5.84 Å². The summed E-state index contributed by atoms with van der Waals surface area (Å²) in [4.78, 5) is 18.4. The molecule has 0 spiro atoms. The van der Waals surface area contributed by atoms with Crippen LogP contribution in [0.4, 0.5) is 5.82 Å². The summed E-state index contributed by atoms with van der Waals surface area (Å²) in [6, 6.07) is 0. The van der Waals surface area contributed by atoms with Crippen LogP contribution in [0.25, 0.3) is 0 Å². The average molecular weight is 168 g/mol. The van der Waals surface area contributed by atoms with Crippen LogP contribution in [0.15, 0.2) is 12.4 Å². The molecule has 0 bridgehead atoms. The van der Waals surface area contributed by atoms with Gasteiger partial charge in [0.15, 0.2) is 11.5 Å². The molecule has 0 atom stereocenters. The van der Waals surface area contributed by atoms with E-state index < -0.39 is 5.97 Å². The number of nitrogens with zero attached hydrogens (tertiary/aromatic N) is 2.